The second-order valence-electron chi connectivity index (χ2n) is 4.28. The van der Waals surface area contributed by atoms with Crippen LogP contribution in [0.3, 0.4) is 0 Å². The van der Waals surface area contributed by atoms with Gasteiger partial charge in [0, 0.05) is 21.3 Å². The van der Waals surface area contributed by atoms with Crippen LogP contribution in [0.25, 0.3) is 11.4 Å². The van der Waals surface area contributed by atoms with E-state index in [1.165, 1.54) is 0 Å². The Bertz CT molecular complexity index is 755. The number of anilines is 1. The lowest BCUT2D eigenvalue weighted by Crippen LogP contribution is -2.11. The van der Waals surface area contributed by atoms with Crippen LogP contribution in [0.5, 0.6) is 0 Å². The Balaban J connectivity index is 1.80. The van der Waals surface area contributed by atoms with E-state index in [2.05, 4.69) is 41.9 Å². The number of nitrogens with one attached hydrogen (secondary N) is 2. The summed E-state index contributed by atoms with van der Waals surface area (Å²) in [5, 5.41) is 16.6. The van der Waals surface area contributed by atoms with Crippen LogP contribution in [0.2, 0.25) is 0 Å². The molecule has 3 rings (SSSR count). The number of carbonyl (C=O) groups is 1. The molecule has 3 aromatic rings. The maximum atomic E-state index is 12.1. The first-order chi connectivity index (χ1) is 10.2. The normalized spacial score (nSPS) is 10.3. The zero-order valence-electron chi connectivity index (χ0n) is 10.7. The van der Waals surface area contributed by atoms with Crippen molar-refractivity contribution in [2.45, 2.75) is 0 Å². The maximum Gasteiger partial charge on any atom is 0.255 e. The largest absolute Gasteiger partial charge is 0.322 e. The lowest BCUT2D eigenvalue weighted by Gasteiger charge is -2.06. The number of amides is 1. The number of carbonyl (C=O) groups excluding carboxylic acids is 1. The molecular formula is C14H10BrN5O. The predicted molar refractivity (Wildman–Crippen MR) is 81.7 cm³/mol. The van der Waals surface area contributed by atoms with Gasteiger partial charge in [-0.15, -0.1) is 10.2 Å². The minimum atomic E-state index is -0.173. The molecule has 0 spiro atoms. The quantitative estimate of drug-likeness (QED) is 0.765. The highest BCUT2D eigenvalue weighted by Crippen LogP contribution is 2.19. The molecule has 1 heterocycles. The zero-order valence-corrected chi connectivity index (χ0v) is 12.3. The number of halogens is 1. The van der Waals surface area contributed by atoms with Crippen LogP contribution >= 0.6 is 15.9 Å². The van der Waals surface area contributed by atoms with E-state index in [0.717, 1.165) is 10.0 Å². The van der Waals surface area contributed by atoms with Gasteiger partial charge in [-0.1, -0.05) is 28.1 Å². The fourth-order valence-corrected chi connectivity index (χ4v) is 2.09. The highest BCUT2D eigenvalue weighted by Gasteiger charge is 2.08. The first-order valence-electron chi connectivity index (χ1n) is 6.13. The summed E-state index contributed by atoms with van der Waals surface area (Å²) in [6.45, 7) is 0. The molecule has 0 aliphatic carbocycles. The van der Waals surface area contributed by atoms with E-state index < -0.39 is 0 Å². The van der Waals surface area contributed by atoms with Gasteiger partial charge in [0.1, 0.15) is 0 Å². The van der Waals surface area contributed by atoms with Gasteiger partial charge in [-0.2, -0.15) is 5.21 Å². The number of nitrogens with zero attached hydrogens (tertiary/aromatic N) is 3. The lowest BCUT2D eigenvalue weighted by atomic mass is 10.1. The maximum absolute atomic E-state index is 12.1. The number of tetrazole rings is 1. The van der Waals surface area contributed by atoms with Gasteiger partial charge >= 0.3 is 0 Å². The van der Waals surface area contributed by atoms with Gasteiger partial charge in [0.25, 0.3) is 5.91 Å². The van der Waals surface area contributed by atoms with E-state index in [-0.39, 0.29) is 5.91 Å². The molecule has 0 atom stereocenters. The molecule has 6 nitrogen and oxygen atoms in total. The average molecular weight is 344 g/mol. The van der Waals surface area contributed by atoms with E-state index in [0.29, 0.717) is 17.1 Å². The van der Waals surface area contributed by atoms with Crippen LogP contribution in [0.4, 0.5) is 5.69 Å². The number of H-pyrrole nitrogens is 1. The monoisotopic (exact) mass is 343 g/mol. The van der Waals surface area contributed by atoms with Gasteiger partial charge in [0.05, 0.1) is 0 Å². The fraction of sp³-hybridized carbons (Fsp3) is 0. The molecule has 7 heteroatoms. The summed E-state index contributed by atoms with van der Waals surface area (Å²) in [4.78, 5) is 12.1. The summed E-state index contributed by atoms with van der Waals surface area (Å²) in [5.74, 6) is 0.308. The lowest BCUT2D eigenvalue weighted by molar-refractivity contribution is 0.102. The van der Waals surface area contributed by atoms with Crippen molar-refractivity contribution in [2.75, 3.05) is 5.32 Å². The number of rotatable bonds is 3. The Hall–Kier alpha value is -2.54. The first kappa shape index (κ1) is 13.4. The van der Waals surface area contributed by atoms with Crippen molar-refractivity contribution in [3.8, 4) is 11.4 Å². The van der Waals surface area contributed by atoms with Crippen LogP contribution in [0, 0.1) is 0 Å². The topological polar surface area (TPSA) is 83.6 Å². The Morgan fingerprint density at radius 2 is 1.95 bits per heavy atom. The van der Waals surface area contributed by atoms with Gasteiger partial charge in [0.2, 0.25) is 5.82 Å². The number of aromatic nitrogens is 4. The summed E-state index contributed by atoms with van der Waals surface area (Å²) < 4.78 is 0.929. The summed E-state index contributed by atoms with van der Waals surface area (Å²) in [7, 11) is 0. The molecular weight excluding hydrogens is 334 g/mol. The third-order valence-corrected chi connectivity index (χ3v) is 3.36. The fourth-order valence-electron chi connectivity index (χ4n) is 1.82. The summed E-state index contributed by atoms with van der Waals surface area (Å²) in [6, 6.07) is 14.4. The molecule has 104 valence electrons. The smallest absolute Gasteiger partial charge is 0.255 e. The standard InChI is InChI=1S/C14H10BrN5O/c15-11-6-4-9(5-7-11)14(21)16-12-3-1-2-10(8-12)13-17-19-20-18-13/h1-8H,(H,16,21)(H,17,18,19,20). The molecule has 2 N–H and O–H groups in total. The average Bonchev–Trinajstić information content (AvgIpc) is 3.02. The molecule has 0 aliphatic heterocycles. The van der Waals surface area contributed by atoms with Crippen molar-refractivity contribution in [3.05, 3.63) is 58.6 Å². The highest BCUT2D eigenvalue weighted by atomic mass is 79.9. The Kier molecular flexibility index (Phi) is 3.74. The van der Waals surface area contributed by atoms with Crippen molar-refractivity contribution >= 4 is 27.5 Å². The van der Waals surface area contributed by atoms with Gasteiger partial charge in [0.15, 0.2) is 0 Å². The summed E-state index contributed by atoms with van der Waals surface area (Å²) >= 11 is 3.34. The third kappa shape index (κ3) is 3.14. The molecule has 21 heavy (non-hydrogen) atoms. The van der Waals surface area contributed by atoms with Crippen LogP contribution in [-0.2, 0) is 0 Å². The number of hydrogen-bond donors (Lipinski definition) is 2. The Morgan fingerprint density at radius 3 is 2.67 bits per heavy atom. The SMILES string of the molecule is O=C(Nc1cccc(-c2nn[nH]n2)c1)c1ccc(Br)cc1. The second-order valence-corrected chi connectivity index (χ2v) is 5.19. The molecule has 1 amide bonds. The van der Waals surface area contributed by atoms with Crippen LogP contribution in [0.1, 0.15) is 10.4 Å². The van der Waals surface area contributed by atoms with E-state index in [1.54, 1.807) is 24.3 Å². The van der Waals surface area contributed by atoms with E-state index >= 15 is 0 Å². The van der Waals surface area contributed by atoms with Crippen LogP contribution < -0.4 is 5.32 Å². The van der Waals surface area contributed by atoms with Gasteiger partial charge in [-0.05, 0) is 41.6 Å². The Morgan fingerprint density at radius 1 is 1.14 bits per heavy atom. The zero-order chi connectivity index (χ0) is 14.7. The van der Waals surface area contributed by atoms with E-state index in [1.807, 2.05) is 24.3 Å². The van der Waals surface area contributed by atoms with Crippen molar-refractivity contribution in [1.82, 2.24) is 20.6 Å². The highest BCUT2D eigenvalue weighted by molar-refractivity contribution is 9.10. The van der Waals surface area contributed by atoms with E-state index in [9.17, 15) is 4.79 Å². The van der Waals surface area contributed by atoms with Crippen molar-refractivity contribution < 1.29 is 4.79 Å². The molecule has 0 saturated carbocycles. The second kappa shape index (κ2) is 5.84. The van der Waals surface area contributed by atoms with Crippen molar-refractivity contribution in [3.63, 3.8) is 0 Å². The molecule has 0 radical (unpaired) electrons. The number of benzene rings is 2. The first-order valence-corrected chi connectivity index (χ1v) is 6.92. The minimum Gasteiger partial charge on any atom is -0.322 e. The van der Waals surface area contributed by atoms with Crippen LogP contribution in [0.15, 0.2) is 53.0 Å². The molecule has 0 unspecified atom stereocenters. The number of hydrogen-bond acceptors (Lipinski definition) is 4. The van der Waals surface area contributed by atoms with Gasteiger partial charge in [-0.3, -0.25) is 4.79 Å². The molecule has 0 saturated heterocycles. The summed E-state index contributed by atoms with van der Waals surface area (Å²) in [6.07, 6.45) is 0. The minimum absolute atomic E-state index is 0.173. The molecule has 0 bridgehead atoms. The van der Waals surface area contributed by atoms with Gasteiger partial charge in [-0.25, -0.2) is 0 Å². The Labute approximate surface area is 128 Å². The van der Waals surface area contributed by atoms with Gasteiger partial charge < -0.3 is 5.32 Å². The molecule has 2 aromatic carbocycles. The predicted octanol–water partition coefficient (Wildman–Crippen LogP) is 2.88. The van der Waals surface area contributed by atoms with Crippen LogP contribution in [-0.4, -0.2) is 26.5 Å². The summed E-state index contributed by atoms with van der Waals surface area (Å²) in [5.41, 5.74) is 2.03. The molecule has 0 fully saturated rings. The van der Waals surface area contributed by atoms with Crippen molar-refractivity contribution in [1.29, 1.82) is 0 Å². The molecule has 1 aromatic heterocycles. The van der Waals surface area contributed by atoms with E-state index in [4.69, 9.17) is 0 Å². The molecule has 0 aliphatic rings. The third-order valence-electron chi connectivity index (χ3n) is 2.83. The van der Waals surface area contributed by atoms with Crippen molar-refractivity contribution in [2.24, 2.45) is 0 Å². The number of aromatic amines is 1.